The molecule has 2 aliphatic rings. The summed E-state index contributed by atoms with van der Waals surface area (Å²) in [4.78, 5) is 17.6. The van der Waals surface area contributed by atoms with E-state index in [-0.39, 0.29) is 5.78 Å². The summed E-state index contributed by atoms with van der Waals surface area (Å²) in [7, 11) is 0. The second-order valence-corrected chi connectivity index (χ2v) is 6.85. The first-order valence-electron chi connectivity index (χ1n) is 6.86. The Bertz CT molecular complexity index is 468. The fourth-order valence-corrected chi connectivity index (χ4v) is 4.48. The number of thiazole rings is 1. The van der Waals surface area contributed by atoms with Gasteiger partial charge in [0.05, 0.1) is 15.6 Å². The summed E-state index contributed by atoms with van der Waals surface area (Å²) in [5.74, 6) is 1.85. The number of ketones is 1. The SMILES string of the molecule is Cc1nc(C)c(C(=O)CC2NCC3CCCC32)s1. The predicted molar refractivity (Wildman–Crippen MR) is 73.2 cm³/mol. The molecule has 18 heavy (non-hydrogen) atoms. The van der Waals surface area contributed by atoms with Crippen LogP contribution in [0.2, 0.25) is 0 Å². The minimum atomic E-state index is 0.281. The summed E-state index contributed by atoms with van der Waals surface area (Å²) in [5.41, 5.74) is 0.906. The van der Waals surface area contributed by atoms with Gasteiger partial charge in [0, 0.05) is 12.5 Å². The Kier molecular flexibility index (Phi) is 3.24. The Morgan fingerprint density at radius 3 is 3.00 bits per heavy atom. The monoisotopic (exact) mass is 264 g/mol. The molecule has 1 saturated heterocycles. The molecule has 2 heterocycles. The molecule has 3 rings (SSSR count). The quantitative estimate of drug-likeness (QED) is 0.854. The van der Waals surface area contributed by atoms with E-state index in [9.17, 15) is 4.79 Å². The van der Waals surface area contributed by atoms with Gasteiger partial charge in [0.15, 0.2) is 5.78 Å². The number of nitrogens with zero attached hydrogens (tertiary/aromatic N) is 1. The Morgan fingerprint density at radius 2 is 2.28 bits per heavy atom. The Hall–Kier alpha value is -0.740. The largest absolute Gasteiger partial charge is 0.313 e. The number of fused-ring (bicyclic) bond motifs is 1. The summed E-state index contributed by atoms with van der Waals surface area (Å²) >= 11 is 1.54. The number of aromatic nitrogens is 1. The van der Waals surface area contributed by atoms with Crippen molar-refractivity contribution in [2.45, 2.75) is 45.6 Å². The molecule has 2 fully saturated rings. The first kappa shape index (κ1) is 12.3. The van der Waals surface area contributed by atoms with Crippen molar-refractivity contribution in [3.8, 4) is 0 Å². The van der Waals surface area contributed by atoms with E-state index in [1.807, 2.05) is 13.8 Å². The average molecular weight is 264 g/mol. The van der Waals surface area contributed by atoms with Crippen LogP contribution in [0, 0.1) is 25.7 Å². The van der Waals surface area contributed by atoms with Gasteiger partial charge in [0.25, 0.3) is 0 Å². The van der Waals surface area contributed by atoms with Gasteiger partial charge < -0.3 is 5.32 Å². The van der Waals surface area contributed by atoms with Crippen LogP contribution in [0.5, 0.6) is 0 Å². The number of carbonyl (C=O) groups excluding carboxylic acids is 1. The number of hydrogen-bond donors (Lipinski definition) is 1. The highest BCUT2D eigenvalue weighted by Crippen LogP contribution is 2.39. The topological polar surface area (TPSA) is 42.0 Å². The third-order valence-corrected chi connectivity index (χ3v) is 5.55. The molecular weight excluding hydrogens is 244 g/mol. The van der Waals surface area contributed by atoms with E-state index in [2.05, 4.69) is 10.3 Å². The molecule has 3 unspecified atom stereocenters. The molecule has 3 nitrogen and oxygen atoms in total. The third kappa shape index (κ3) is 2.12. The van der Waals surface area contributed by atoms with Crippen molar-refractivity contribution < 1.29 is 4.79 Å². The summed E-state index contributed by atoms with van der Waals surface area (Å²) in [6.07, 6.45) is 4.65. The van der Waals surface area contributed by atoms with Gasteiger partial charge in [0.2, 0.25) is 0 Å². The van der Waals surface area contributed by atoms with E-state index in [0.29, 0.717) is 12.5 Å². The van der Waals surface area contributed by atoms with Crippen molar-refractivity contribution in [2.24, 2.45) is 11.8 Å². The maximum Gasteiger partial charge on any atom is 0.176 e. The van der Waals surface area contributed by atoms with Gasteiger partial charge in [-0.3, -0.25) is 4.79 Å². The van der Waals surface area contributed by atoms with Crippen LogP contribution in [0.25, 0.3) is 0 Å². The number of carbonyl (C=O) groups is 1. The third-order valence-electron chi connectivity index (χ3n) is 4.44. The standard InChI is InChI=1S/C14H20N2OS/c1-8-14(18-9(2)16-8)13(17)6-12-11-5-3-4-10(11)7-15-12/h10-12,15H,3-7H2,1-2H3. The average Bonchev–Trinajstić information content (AvgIpc) is 2.96. The normalized spacial score (nSPS) is 30.7. The number of Topliss-reactive ketones (excluding diaryl/α,β-unsaturated/α-hetero) is 1. The zero-order valence-corrected chi connectivity index (χ0v) is 11.8. The minimum Gasteiger partial charge on any atom is -0.313 e. The number of aryl methyl sites for hydroxylation is 2. The number of hydrogen-bond acceptors (Lipinski definition) is 4. The predicted octanol–water partition coefficient (Wildman–Crippen LogP) is 2.72. The van der Waals surface area contributed by atoms with E-state index < -0.39 is 0 Å². The summed E-state index contributed by atoms with van der Waals surface area (Å²) in [6, 6.07) is 0.409. The zero-order valence-electron chi connectivity index (χ0n) is 11.0. The van der Waals surface area contributed by atoms with Crippen LogP contribution in [0.4, 0.5) is 0 Å². The molecule has 4 heteroatoms. The highest BCUT2D eigenvalue weighted by Gasteiger charge is 2.39. The fraction of sp³-hybridized carbons (Fsp3) is 0.714. The Labute approximate surface area is 112 Å². The van der Waals surface area contributed by atoms with Crippen LogP contribution in [0.1, 0.15) is 46.1 Å². The lowest BCUT2D eigenvalue weighted by molar-refractivity contribution is 0.0966. The van der Waals surface area contributed by atoms with Crippen LogP contribution < -0.4 is 5.32 Å². The van der Waals surface area contributed by atoms with Crippen molar-refractivity contribution in [2.75, 3.05) is 6.54 Å². The van der Waals surface area contributed by atoms with E-state index in [4.69, 9.17) is 0 Å². The molecule has 1 saturated carbocycles. The number of nitrogens with one attached hydrogen (secondary N) is 1. The van der Waals surface area contributed by atoms with E-state index in [0.717, 1.165) is 34.0 Å². The number of rotatable bonds is 3. The van der Waals surface area contributed by atoms with Gasteiger partial charge >= 0.3 is 0 Å². The first-order valence-corrected chi connectivity index (χ1v) is 7.67. The van der Waals surface area contributed by atoms with Gasteiger partial charge in [-0.25, -0.2) is 4.98 Å². The van der Waals surface area contributed by atoms with Crippen molar-refractivity contribution in [3.05, 3.63) is 15.6 Å². The molecule has 0 aromatic carbocycles. The first-order chi connectivity index (χ1) is 8.65. The molecule has 0 amide bonds. The summed E-state index contributed by atoms with van der Waals surface area (Å²) < 4.78 is 0. The van der Waals surface area contributed by atoms with E-state index in [1.165, 1.54) is 19.3 Å². The lowest BCUT2D eigenvalue weighted by Crippen LogP contribution is -2.29. The second-order valence-electron chi connectivity index (χ2n) is 5.64. The van der Waals surface area contributed by atoms with Gasteiger partial charge in [-0.15, -0.1) is 11.3 Å². The molecule has 1 aromatic rings. The molecule has 1 N–H and O–H groups in total. The molecule has 0 bridgehead atoms. The molecule has 1 aliphatic carbocycles. The van der Waals surface area contributed by atoms with Gasteiger partial charge in [-0.2, -0.15) is 0 Å². The molecule has 3 atom stereocenters. The van der Waals surface area contributed by atoms with Gasteiger partial charge in [-0.05, 0) is 45.1 Å². The smallest absolute Gasteiger partial charge is 0.176 e. The maximum atomic E-state index is 12.4. The van der Waals surface area contributed by atoms with Crippen molar-refractivity contribution in [3.63, 3.8) is 0 Å². The maximum absolute atomic E-state index is 12.4. The van der Waals surface area contributed by atoms with Crippen LogP contribution in [-0.2, 0) is 0 Å². The highest BCUT2D eigenvalue weighted by molar-refractivity contribution is 7.13. The second kappa shape index (κ2) is 4.74. The molecule has 0 radical (unpaired) electrons. The lowest BCUT2D eigenvalue weighted by Gasteiger charge is -2.16. The van der Waals surface area contributed by atoms with Crippen molar-refractivity contribution in [1.29, 1.82) is 0 Å². The highest BCUT2D eigenvalue weighted by atomic mass is 32.1. The van der Waals surface area contributed by atoms with Crippen molar-refractivity contribution >= 4 is 17.1 Å². The van der Waals surface area contributed by atoms with Gasteiger partial charge in [0.1, 0.15) is 0 Å². The minimum absolute atomic E-state index is 0.281. The fourth-order valence-electron chi connectivity index (χ4n) is 3.61. The molecule has 1 aliphatic heterocycles. The van der Waals surface area contributed by atoms with Crippen molar-refractivity contribution in [1.82, 2.24) is 10.3 Å². The Balaban J connectivity index is 1.69. The van der Waals surface area contributed by atoms with Crippen LogP contribution in [0.3, 0.4) is 0 Å². The molecule has 0 spiro atoms. The van der Waals surface area contributed by atoms with E-state index in [1.54, 1.807) is 11.3 Å². The van der Waals surface area contributed by atoms with Gasteiger partial charge in [-0.1, -0.05) is 6.42 Å². The molecule has 1 aromatic heterocycles. The summed E-state index contributed by atoms with van der Waals surface area (Å²) in [6.45, 7) is 5.02. The molecular formula is C14H20N2OS. The van der Waals surface area contributed by atoms with Crippen LogP contribution in [-0.4, -0.2) is 23.4 Å². The van der Waals surface area contributed by atoms with E-state index >= 15 is 0 Å². The zero-order chi connectivity index (χ0) is 12.7. The lowest BCUT2D eigenvalue weighted by atomic mass is 9.91. The van der Waals surface area contributed by atoms with Crippen LogP contribution >= 0.6 is 11.3 Å². The van der Waals surface area contributed by atoms with Crippen LogP contribution in [0.15, 0.2) is 0 Å². The Morgan fingerprint density at radius 1 is 1.44 bits per heavy atom. The summed E-state index contributed by atoms with van der Waals surface area (Å²) in [5, 5.41) is 4.54. The molecule has 98 valence electrons.